The molecule has 4 heteroatoms. The molecular formula is C10H15N2O2-. The van der Waals surface area contributed by atoms with Crippen LogP contribution >= 0.6 is 0 Å². The summed E-state index contributed by atoms with van der Waals surface area (Å²) in [7, 11) is 0. The Morgan fingerprint density at radius 2 is 2.07 bits per heavy atom. The van der Waals surface area contributed by atoms with E-state index in [0.717, 1.165) is 11.4 Å². The van der Waals surface area contributed by atoms with E-state index < -0.39 is 12.0 Å². The summed E-state index contributed by atoms with van der Waals surface area (Å²) in [6.07, 6.45) is 0. The minimum absolute atomic E-state index is 0.0296. The van der Waals surface area contributed by atoms with Crippen LogP contribution in [0.3, 0.4) is 0 Å². The monoisotopic (exact) mass is 195 g/mol. The summed E-state index contributed by atoms with van der Waals surface area (Å²) in [6, 6.07) is 1.18. The second-order valence-corrected chi connectivity index (χ2v) is 3.88. The fourth-order valence-corrected chi connectivity index (χ4v) is 1.58. The largest absolute Gasteiger partial charge is 0.548 e. The number of carbonyl (C=O) groups excluding carboxylic acids is 1. The number of rotatable bonds is 3. The van der Waals surface area contributed by atoms with Crippen LogP contribution in [0, 0.1) is 19.8 Å². The van der Waals surface area contributed by atoms with Crippen molar-refractivity contribution in [3.8, 4) is 0 Å². The van der Waals surface area contributed by atoms with E-state index in [2.05, 4.69) is 5.10 Å². The van der Waals surface area contributed by atoms with Crippen LogP contribution in [0.25, 0.3) is 0 Å². The van der Waals surface area contributed by atoms with Crippen LogP contribution < -0.4 is 5.11 Å². The number of carboxylic acid groups (broad SMARTS) is 1. The third-order valence-corrected chi connectivity index (χ3v) is 2.18. The lowest BCUT2D eigenvalue weighted by molar-refractivity contribution is -0.312. The minimum Gasteiger partial charge on any atom is -0.548 e. The van der Waals surface area contributed by atoms with Crippen molar-refractivity contribution < 1.29 is 9.90 Å². The summed E-state index contributed by atoms with van der Waals surface area (Å²) >= 11 is 0. The van der Waals surface area contributed by atoms with Gasteiger partial charge in [0.25, 0.3) is 0 Å². The molecule has 1 atom stereocenters. The predicted octanol–water partition coefficient (Wildman–Crippen LogP) is 0.447. The molecule has 0 saturated carbocycles. The zero-order valence-corrected chi connectivity index (χ0v) is 8.94. The first kappa shape index (κ1) is 10.8. The normalized spacial score (nSPS) is 13.2. The number of hydrogen-bond acceptors (Lipinski definition) is 3. The zero-order valence-electron chi connectivity index (χ0n) is 8.94. The molecule has 1 aromatic rings. The van der Waals surface area contributed by atoms with E-state index in [1.807, 2.05) is 33.8 Å². The highest BCUT2D eigenvalue weighted by atomic mass is 16.4. The Bertz CT molecular complexity index is 342. The van der Waals surface area contributed by atoms with Gasteiger partial charge >= 0.3 is 0 Å². The second kappa shape index (κ2) is 3.82. The maximum atomic E-state index is 10.9. The zero-order chi connectivity index (χ0) is 10.9. The van der Waals surface area contributed by atoms with E-state index in [4.69, 9.17) is 0 Å². The number of carbonyl (C=O) groups is 1. The van der Waals surface area contributed by atoms with Crippen LogP contribution in [0.2, 0.25) is 0 Å². The Kier molecular flexibility index (Phi) is 2.93. The maximum Gasteiger partial charge on any atom is 0.0938 e. The molecular weight excluding hydrogens is 180 g/mol. The van der Waals surface area contributed by atoms with Crippen molar-refractivity contribution in [3.05, 3.63) is 17.5 Å². The molecule has 1 rings (SSSR count). The van der Waals surface area contributed by atoms with Crippen molar-refractivity contribution in [2.45, 2.75) is 33.7 Å². The summed E-state index contributed by atoms with van der Waals surface area (Å²) in [4.78, 5) is 10.9. The van der Waals surface area contributed by atoms with Crippen molar-refractivity contribution >= 4 is 5.97 Å². The lowest BCUT2D eigenvalue weighted by atomic mass is 10.1. The van der Waals surface area contributed by atoms with Crippen LogP contribution in [0.4, 0.5) is 0 Å². The molecule has 0 N–H and O–H groups in total. The van der Waals surface area contributed by atoms with Gasteiger partial charge in [-0.15, -0.1) is 0 Å². The van der Waals surface area contributed by atoms with E-state index in [9.17, 15) is 9.90 Å². The van der Waals surface area contributed by atoms with E-state index in [-0.39, 0.29) is 5.92 Å². The number of hydrogen-bond donors (Lipinski definition) is 0. The maximum absolute atomic E-state index is 10.9. The summed E-state index contributed by atoms with van der Waals surface area (Å²) in [5.74, 6) is -1.11. The first-order valence-corrected chi connectivity index (χ1v) is 4.67. The van der Waals surface area contributed by atoms with Gasteiger partial charge in [-0.1, -0.05) is 13.8 Å². The molecule has 0 aliphatic rings. The van der Waals surface area contributed by atoms with Crippen molar-refractivity contribution in [3.63, 3.8) is 0 Å². The van der Waals surface area contributed by atoms with E-state index in [1.54, 1.807) is 0 Å². The van der Waals surface area contributed by atoms with Crippen molar-refractivity contribution in [2.75, 3.05) is 0 Å². The Morgan fingerprint density at radius 3 is 2.36 bits per heavy atom. The van der Waals surface area contributed by atoms with Gasteiger partial charge in [-0.25, -0.2) is 0 Å². The fraction of sp³-hybridized carbons (Fsp3) is 0.600. The van der Waals surface area contributed by atoms with E-state index in [1.165, 1.54) is 4.68 Å². The Morgan fingerprint density at radius 1 is 1.50 bits per heavy atom. The van der Waals surface area contributed by atoms with Crippen LogP contribution in [0.5, 0.6) is 0 Å². The number of aliphatic carboxylic acids is 1. The van der Waals surface area contributed by atoms with Gasteiger partial charge in [0.05, 0.1) is 17.7 Å². The molecule has 0 aromatic carbocycles. The Hall–Kier alpha value is -1.32. The van der Waals surface area contributed by atoms with Gasteiger partial charge in [0.2, 0.25) is 0 Å². The van der Waals surface area contributed by atoms with Gasteiger partial charge in [-0.3, -0.25) is 4.68 Å². The molecule has 0 radical (unpaired) electrons. The number of aromatic nitrogens is 2. The van der Waals surface area contributed by atoms with Crippen molar-refractivity contribution in [1.29, 1.82) is 0 Å². The van der Waals surface area contributed by atoms with Crippen LogP contribution in [-0.4, -0.2) is 15.7 Å². The Labute approximate surface area is 83.5 Å². The van der Waals surface area contributed by atoms with Crippen LogP contribution in [0.1, 0.15) is 31.3 Å². The van der Waals surface area contributed by atoms with Gasteiger partial charge in [0.15, 0.2) is 0 Å². The quantitative estimate of drug-likeness (QED) is 0.703. The standard InChI is InChI=1S/C10H16N2O2/c1-6(2)9(10(13)14)12-8(4)5-7(3)11-12/h5-6,9H,1-4H3,(H,13,14)/p-1/t9-/m1/s1. The number of aryl methyl sites for hydroxylation is 2. The van der Waals surface area contributed by atoms with Gasteiger partial charge in [-0.05, 0) is 25.8 Å². The molecule has 0 amide bonds. The molecule has 0 spiro atoms. The van der Waals surface area contributed by atoms with Crippen molar-refractivity contribution in [1.82, 2.24) is 9.78 Å². The number of carboxylic acids is 1. The van der Waals surface area contributed by atoms with Crippen molar-refractivity contribution in [2.24, 2.45) is 5.92 Å². The SMILES string of the molecule is Cc1cc(C)n([C@@H](C(=O)[O-])C(C)C)n1. The fourth-order valence-electron chi connectivity index (χ4n) is 1.58. The summed E-state index contributed by atoms with van der Waals surface area (Å²) in [5.41, 5.74) is 1.68. The van der Waals surface area contributed by atoms with Gasteiger partial charge in [-0.2, -0.15) is 5.10 Å². The molecule has 1 heterocycles. The highest BCUT2D eigenvalue weighted by Crippen LogP contribution is 2.18. The lowest BCUT2D eigenvalue weighted by Gasteiger charge is -2.23. The summed E-state index contributed by atoms with van der Waals surface area (Å²) in [5, 5.41) is 15.1. The Balaban J connectivity index is 3.11. The molecule has 0 aliphatic carbocycles. The van der Waals surface area contributed by atoms with E-state index >= 15 is 0 Å². The average molecular weight is 195 g/mol. The van der Waals surface area contributed by atoms with Gasteiger partial charge < -0.3 is 9.90 Å². The molecule has 0 fully saturated rings. The van der Waals surface area contributed by atoms with Gasteiger partial charge in [0.1, 0.15) is 0 Å². The summed E-state index contributed by atoms with van der Waals surface area (Å²) < 4.78 is 1.52. The lowest BCUT2D eigenvalue weighted by Crippen LogP contribution is -2.37. The summed E-state index contributed by atoms with van der Waals surface area (Å²) in [6.45, 7) is 7.38. The first-order valence-electron chi connectivity index (χ1n) is 4.67. The molecule has 0 unspecified atom stereocenters. The number of nitrogens with zero attached hydrogens (tertiary/aromatic N) is 2. The molecule has 1 aromatic heterocycles. The first-order chi connectivity index (χ1) is 6.43. The highest BCUT2D eigenvalue weighted by molar-refractivity contribution is 5.69. The topological polar surface area (TPSA) is 58.0 Å². The third-order valence-electron chi connectivity index (χ3n) is 2.18. The molecule has 14 heavy (non-hydrogen) atoms. The molecule has 0 aliphatic heterocycles. The molecule has 78 valence electrons. The van der Waals surface area contributed by atoms with E-state index in [0.29, 0.717) is 0 Å². The van der Waals surface area contributed by atoms with Crippen LogP contribution in [0.15, 0.2) is 6.07 Å². The smallest absolute Gasteiger partial charge is 0.0938 e. The molecule has 4 nitrogen and oxygen atoms in total. The second-order valence-electron chi connectivity index (χ2n) is 3.88. The predicted molar refractivity (Wildman–Crippen MR) is 50.6 cm³/mol. The minimum atomic E-state index is -1.08. The van der Waals surface area contributed by atoms with Gasteiger partial charge in [0, 0.05) is 5.69 Å². The molecule has 0 bridgehead atoms. The van der Waals surface area contributed by atoms with Crippen LogP contribution in [-0.2, 0) is 4.79 Å². The molecule has 0 saturated heterocycles. The highest BCUT2D eigenvalue weighted by Gasteiger charge is 2.19. The average Bonchev–Trinajstić information content (AvgIpc) is 2.29. The third kappa shape index (κ3) is 1.95.